The molecule has 2 N–H and O–H groups in total. The third-order valence-electron chi connectivity index (χ3n) is 5.44. The van der Waals surface area contributed by atoms with Crippen LogP contribution in [-0.4, -0.2) is 52.9 Å². The average Bonchev–Trinajstić information content (AvgIpc) is 3.27. The summed E-state index contributed by atoms with van der Waals surface area (Å²) in [7, 11) is 1.61. The van der Waals surface area contributed by atoms with Gasteiger partial charge in [0.2, 0.25) is 0 Å². The highest BCUT2D eigenvalue weighted by molar-refractivity contribution is 7.17. The van der Waals surface area contributed by atoms with E-state index in [1.165, 1.54) is 11.3 Å². The molecule has 1 unspecified atom stereocenters. The summed E-state index contributed by atoms with van der Waals surface area (Å²) < 4.78 is 11.1. The summed E-state index contributed by atoms with van der Waals surface area (Å²) in [6.07, 6.45) is -0.704. The number of nitrogens with one attached hydrogen (secondary N) is 1. The predicted molar refractivity (Wildman–Crippen MR) is 136 cm³/mol. The van der Waals surface area contributed by atoms with Crippen molar-refractivity contribution in [3.05, 3.63) is 75.1 Å². The van der Waals surface area contributed by atoms with Crippen LogP contribution in [0.15, 0.2) is 58.7 Å². The SMILES string of the molecule is CCN(Cc1nc2scc(-c3ccccc3OC)c2c(=O)[nH]1)CC(O)COc1ccc(Cl)cc1. The van der Waals surface area contributed by atoms with E-state index >= 15 is 0 Å². The topological polar surface area (TPSA) is 87.7 Å². The van der Waals surface area contributed by atoms with Gasteiger partial charge in [-0.3, -0.25) is 9.69 Å². The number of likely N-dealkylation sites (N-methyl/N-ethyl adjacent to an activating group) is 1. The van der Waals surface area contributed by atoms with Gasteiger partial charge in [0.1, 0.15) is 34.9 Å². The number of aliphatic hydroxyl groups is 1. The van der Waals surface area contributed by atoms with Crippen LogP contribution in [0, 0.1) is 0 Å². The van der Waals surface area contributed by atoms with Crippen molar-refractivity contribution in [2.75, 3.05) is 26.8 Å². The van der Waals surface area contributed by atoms with Gasteiger partial charge in [0.15, 0.2) is 0 Å². The maximum absolute atomic E-state index is 13.0. The molecule has 2 heterocycles. The molecule has 0 aliphatic rings. The number of rotatable bonds is 10. The van der Waals surface area contributed by atoms with Crippen LogP contribution in [0.4, 0.5) is 0 Å². The minimum Gasteiger partial charge on any atom is -0.496 e. The van der Waals surface area contributed by atoms with E-state index in [4.69, 9.17) is 21.1 Å². The number of hydrogen-bond donors (Lipinski definition) is 2. The molecular weight excluding hydrogens is 474 g/mol. The van der Waals surface area contributed by atoms with Gasteiger partial charge < -0.3 is 19.6 Å². The van der Waals surface area contributed by atoms with E-state index in [2.05, 4.69) is 9.97 Å². The summed E-state index contributed by atoms with van der Waals surface area (Å²) in [5.74, 6) is 1.91. The van der Waals surface area contributed by atoms with Crippen molar-refractivity contribution >= 4 is 33.2 Å². The Kier molecular flexibility index (Phi) is 7.84. The zero-order valence-corrected chi connectivity index (χ0v) is 20.5. The number of ether oxygens (including phenoxy) is 2. The highest BCUT2D eigenvalue weighted by Gasteiger charge is 2.18. The lowest BCUT2D eigenvalue weighted by Crippen LogP contribution is -2.36. The molecule has 7 nitrogen and oxygen atoms in total. The molecule has 0 aliphatic heterocycles. The molecular formula is C25H26ClN3O4S. The van der Waals surface area contributed by atoms with Crippen molar-refractivity contribution in [2.24, 2.45) is 0 Å². The van der Waals surface area contributed by atoms with Crippen LogP contribution in [0.3, 0.4) is 0 Å². The lowest BCUT2D eigenvalue weighted by molar-refractivity contribution is 0.0667. The molecule has 178 valence electrons. The van der Waals surface area contributed by atoms with Crippen molar-refractivity contribution in [2.45, 2.75) is 19.6 Å². The highest BCUT2D eigenvalue weighted by Crippen LogP contribution is 2.36. The normalized spacial score (nSPS) is 12.3. The maximum atomic E-state index is 13.0. The molecule has 4 rings (SSSR count). The lowest BCUT2D eigenvalue weighted by Gasteiger charge is -2.23. The van der Waals surface area contributed by atoms with Crippen LogP contribution in [0.2, 0.25) is 5.02 Å². The minimum absolute atomic E-state index is 0.147. The monoisotopic (exact) mass is 499 g/mol. The number of H-pyrrole nitrogens is 1. The molecule has 34 heavy (non-hydrogen) atoms. The number of thiophene rings is 1. The van der Waals surface area contributed by atoms with Gasteiger partial charge in [-0.05, 0) is 36.9 Å². The Balaban J connectivity index is 1.46. The van der Waals surface area contributed by atoms with Crippen molar-refractivity contribution < 1.29 is 14.6 Å². The van der Waals surface area contributed by atoms with Crippen LogP contribution in [-0.2, 0) is 6.54 Å². The average molecular weight is 500 g/mol. The molecule has 9 heteroatoms. The number of fused-ring (bicyclic) bond motifs is 1. The van der Waals surface area contributed by atoms with Crippen molar-refractivity contribution in [1.82, 2.24) is 14.9 Å². The Morgan fingerprint density at radius 1 is 1.18 bits per heavy atom. The first-order valence-electron chi connectivity index (χ1n) is 10.9. The van der Waals surface area contributed by atoms with Gasteiger partial charge in [0.25, 0.3) is 5.56 Å². The Morgan fingerprint density at radius 2 is 1.94 bits per heavy atom. The Morgan fingerprint density at radius 3 is 2.68 bits per heavy atom. The predicted octanol–water partition coefficient (Wildman–Crippen LogP) is 4.58. The summed E-state index contributed by atoms with van der Waals surface area (Å²) in [6.45, 7) is 3.60. The van der Waals surface area contributed by atoms with E-state index in [0.717, 1.165) is 11.1 Å². The molecule has 2 aromatic carbocycles. The molecule has 0 saturated heterocycles. The third-order valence-corrected chi connectivity index (χ3v) is 6.56. The number of hydrogen-bond acceptors (Lipinski definition) is 7. The number of aromatic amines is 1. The van der Waals surface area contributed by atoms with E-state index in [9.17, 15) is 9.90 Å². The van der Waals surface area contributed by atoms with Crippen LogP contribution in [0.1, 0.15) is 12.7 Å². The smallest absolute Gasteiger partial charge is 0.260 e. The number of aliphatic hydroxyl groups excluding tert-OH is 1. The first kappa shape index (κ1) is 24.2. The Bertz CT molecular complexity index is 1310. The summed E-state index contributed by atoms with van der Waals surface area (Å²) >= 11 is 7.31. The second-order valence-electron chi connectivity index (χ2n) is 7.79. The maximum Gasteiger partial charge on any atom is 0.260 e. The molecule has 4 aromatic rings. The number of aromatic nitrogens is 2. The first-order chi connectivity index (χ1) is 16.5. The Hall–Kier alpha value is -2.91. The van der Waals surface area contributed by atoms with Gasteiger partial charge in [-0.1, -0.05) is 36.7 Å². The van der Waals surface area contributed by atoms with Gasteiger partial charge in [-0.15, -0.1) is 11.3 Å². The number of benzene rings is 2. The zero-order valence-electron chi connectivity index (χ0n) is 19.0. The number of para-hydroxylation sites is 1. The lowest BCUT2D eigenvalue weighted by atomic mass is 10.1. The summed E-state index contributed by atoms with van der Waals surface area (Å²) in [6, 6.07) is 14.6. The quantitative estimate of drug-likeness (QED) is 0.332. The van der Waals surface area contributed by atoms with E-state index < -0.39 is 6.10 Å². The van der Waals surface area contributed by atoms with Gasteiger partial charge in [0.05, 0.1) is 19.0 Å². The molecule has 1 atom stereocenters. The molecule has 0 bridgehead atoms. The van der Waals surface area contributed by atoms with Gasteiger partial charge in [0, 0.05) is 28.1 Å². The molecule has 0 radical (unpaired) electrons. The van der Waals surface area contributed by atoms with Crippen LogP contribution < -0.4 is 15.0 Å². The number of methoxy groups -OCH3 is 1. The highest BCUT2D eigenvalue weighted by atomic mass is 35.5. The van der Waals surface area contributed by atoms with E-state index in [-0.39, 0.29) is 12.2 Å². The summed E-state index contributed by atoms with van der Waals surface area (Å²) in [4.78, 5) is 23.3. The van der Waals surface area contributed by atoms with Crippen LogP contribution >= 0.6 is 22.9 Å². The first-order valence-corrected chi connectivity index (χ1v) is 12.2. The van der Waals surface area contributed by atoms with Gasteiger partial charge >= 0.3 is 0 Å². The molecule has 0 fully saturated rings. The molecule has 0 saturated carbocycles. The third kappa shape index (κ3) is 5.59. The fourth-order valence-corrected chi connectivity index (χ4v) is 4.81. The number of nitrogens with zero attached hydrogens (tertiary/aromatic N) is 2. The van der Waals surface area contributed by atoms with Crippen molar-refractivity contribution in [3.63, 3.8) is 0 Å². The van der Waals surface area contributed by atoms with E-state index in [0.29, 0.717) is 52.2 Å². The largest absolute Gasteiger partial charge is 0.496 e. The molecule has 0 aliphatic carbocycles. The van der Waals surface area contributed by atoms with E-state index in [1.54, 1.807) is 31.4 Å². The van der Waals surface area contributed by atoms with Gasteiger partial charge in [-0.2, -0.15) is 0 Å². The fourth-order valence-electron chi connectivity index (χ4n) is 3.72. The fraction of sp³-hybridized carbons (Fsp3) is 0.280. The molecule has 0 spiro atoms. The molecule has 2 aromatic heterocycles. The number of halogens is 1. The second kappa shape index (κ2) is 11.0. The second-order valence-corrected chi connectivity index (χ2v) is 9.08. The van der Waals surface area contributed by atoms with Gasteiger partial charge in [-0.25, -0.2) is 4.98 Å². The summed E-state index contributed by atoms with van der Waals surface area (Å²) in [5.41, 5.74) is 1.47. The summed E-state index contributed by atoms with van der Waals surface area (Å²) in [5, 5.41) is 13.6. The Labute approximate surface area is 206 Å². The van der Waals surface area contributed by atoms with E-state index in [1.807, 2.05) is 41.5 Å². The van der Waals surface area contributed by atoms with Crippen LogP contribution in [0.5, 0.6) is 11.5 Å². The van der Waals surface area contributed by atoms with Crippen molar-refractivity contribution in [1.29, 1.82) is 0 Å². The zero-order chi connectivity index (χ0) is 24.1. The van der Waals surface area contributed by atoms with Crippen LogP contribution in [0.25, 0.3) is 21.3 Å². The molecule has 0 amide bonds. The minimum atomic E-state index is -0.704. The van der Waals surface area contributed by atoms with Crippen molar-refractivity contribution in [3.8, 4) is 22.6 Å². The standard InChI is InChI=1S/C25H26ClN3O4S/c1-3-29(12-17(30)14-33-18-10-8-16(26)9-11-18)13-22-27-24(31)23-20(15-34-25(23)28-22)19-6-4-5-7-21(19)32-2/h4-11,15,17,30H,3,12-14H2,1-2H3,(H,27,28,31).